The van der Waals surface area contributed by atoms with Gasteiger partial charge in [0.2, 0.25) is 0 Å². The minimum Gasteiger partial charge on any atom is -0.493 e. The number of nitrogens with two attached hydrogens (primary N) is 1. The summed E-state index contributed by atoms with van der Waals surface area (Å²) in [6, 6.07) is 3.51. The first kappa shape index (κ1) is 12.8. The Balaban J connectivity index is 3.38. The molecule has 17 heavy (non-hydrogen) atoms. The van der Waals surface area contributed by atoms with Gasteiger partial charge in [-0.25, -0.2) is 0 Å². The van der Waals surface area contributed by atoms with Crippen molar-refractivity contribution in [2.75, 3.05) is 14.2 Å². The molecule has 0 aliphatic rings. The van der Waals surface area contributed by atoms with Gasteiger partial charge in [-0.3, -0.25) is 4.79 Å². The summed E-state index contributed by atoms with van der Waals surface area (Å²) in [4.78, 5) is 10.8. The summed E-state index contributed by atoms with van der Waals surface area (Å²) in [5, 5.41) is 17.7. The van der Waals surface area contributed by atoms with Gasteiger partial charge in [-0.2, -0.15) is 5.26 Å². The van der Waals surface area contributed by atoms with E-state index in [9.17, 15) is 4.79 Å². The van der Waals surface area contributed by atoms with Crippen molar-refractivity contribution in [3.8, 4) is 17.6 Å². The molecule has 0 fully saturated rings. The van der Waals surface area contributed by atoms with Crippen molar-refractivity contribution in [2.24, 2.45) is 5.73 Å². The van der Waals surface area contributed by atoms with Crippen molar-refractivity contribution in [3.63, 3.8) is 0 Å². The number of benzene rings is 1. The van der Waals surface area contributed by atoms with Crippen LogP contribution in [-0.4, -0.2) is 25.3 Å². The van der Waals surface area contributed by atoms with E-state index < -0.39 is 12.0 Å². The minimum absolute atomic E-state index is 0.179. The van der Waals surface area contributed by atoms with Crippen LogP contribution in [0.2, 0.25) is 0 Å². The predicted molar refractivity (Wildman–Crippen MR) is 58.8 cm³/mol. The first-order valence-electron chi connectivity index (χ1n) is 4.69. The van der Waals surface area contributed by atoms with Crippen molar-refractivity contribution in [2.45, 2.75) is 6.04 Å². The molecule has 0 aliphatic heterocycles. The molecule has 0 bridgehead atoms. The number of aliphatic carboxylic acids is 1. The van der Waals surface area contributed by atoms with Crippen LogP contribution in [0.4, 0.5) is 0 Å². The monoisotopic (exact) mass is 236 g/mol. The highest BCUT2D eigenvalue weighted by Crippen LogP contribution is 2.33. The number of hydrogen-bond acceptors (Lipinski definition) is 5. The molecule has 6 heteroatoms. The van der Waals surface area contributed by atoms with Gasteiger partial charge in [0.05, 0.1) is 19.8 Å². The first-order chi connectivity index (χ1) is 8.04. The average molecular weight is 236 g/mol. The van der Waals surface area contributed by atoms with Crippen LogP contribution in [0.1, 0.15) is 17.2 Å². The van der Waals surface area contributed by atoms with E-state index in [1.807, 2.05) is 6.07 Å². The van der Waals surface area contributed by atoms with Gasteiger partial charge in [-0.1, -0.05) is 0 Å². The number of carbonyl (C=O) groups is 1. The zero-order valence-electron chi connectivity index (χ0n) is 9.43. The topological polar surface area (TPSA) is 106 Å². The Bertz CT molecular complexity index is 479. The number of carboxylic acids is 1. The number of nitriles is 1. The fraction of sp³-hybridized carbons (Fsp3) is 0.273. The Kier molecular flexibility index (Phi) is 3.91. The van der Waals surface area contributed by atoms with E-state index in [-0.39, 0.29) is 22.6 Å². The Morgan fingerprint density at radius 3 is 2.53 bits per heavy atom. The normalized spacial score (nSPS) is 11.4. The molecule has 1 aromatic carbocycles. The minimum atomic E-state index is -1.21. The number of nitrogens with zero attached hydrogens (tertiary/aromatic N) is 1. The van der Waals surface area contributed by atoms with Crippen LogP contribution in [0.25, 0.3) is 0 Å². The molecule has 0 saturated heterocycles. The molecule has 0 spiro atoms. The molecular weight excluding hydrogens is 224 g/mol. The molecule has 3 N–H and O–H groups in total. The lowest BCUT2D eigenvalue weighted by atomic mass is 10.0. The maximum Gasteiger partial charge on any atom is 0.325 e. The third-order valence-electron chi connectivity index (χ3n) is 2.25. The van der Waals surface area contributed by atoms with Gasteiger partial charge < -0.3 is 20.3 Å². The molecule has 0 heterocycles. The van der Waals surface area contributed by atoms with Gasteiger partial charge in [-0.05, 0) is 17.7 Å². The fourth-order valence-corrected chi connectivity index (χ4v) is 1.39. The van der Waals surface area contributed by atoms with Crippen molar-refractivity contribution in [3.05, 3.63) is 23.3 Å². The van der Waals surface area contributed by atoms with E-state index >= 15 is 0 Å². The van der Waals surface area contributed by atoms with Crippen molar-refractivity contribution >= 4 is 5.97 Å². The highest BCUT2D eigenvalue weighted by Gasteiger charge is 2.19. The van der Waals surface area contributed by atoms with Crippen LogP contribution >= 0.6 is 0 Å². The molecule has 1 atom stereocenters. The number of hydrogen-bond donors (Lipinski definition) is 2. The van der Waals surface area contributed by atoms with Crippen LogP contribution in [0, 0.1) is 11.3 Å². The van der Waals surface area contributed by atoms with Crippen molar-refractivity contribution < 1.29 is 19.4 Å². The second-order valence-electron chi connectivity index (χ2n) is 3.23. The lowest BCUT2D eigenvalue weighted by Crippen LogP contribution is -2.20. The maximum atomic E-state index is 10.8. The van der Waals surface area contributed by atoms with E-state index in [4.69, 9.17) is 25.6 Å². The molecular formula is C11H12N2O4. The number of rotatable bonds is 4. The third-order valence-corrected chi connectivity index (χ3v) is 2.25. The van der Waals surface area contributed by atoms with Gasteiger partial charge in [0, 0.05) is 0 Å². The highest BCUT2D eigenvalue weighted by molar-refractivity contribution is 5.76. The Labute approximate surface area is 98.2 Å². The molecule has 0 aromatic heterocycles. The van der Waals surface area contributed by atoms with Gasteiger partial charge in [0.25, 0.3) is 0 Å². The second kappa shape index (κ2) is 5.18. The van der Waals surface area contributed by atoms with Crippen LogP contribution in [0.3, 0.4) is 0 Å². The Morgan fingerprint density at radius 2 is 2.12 bits per heavy atom. The molecule has 1 unspecified atom stereocenters. The van der Waals surface area contributed by atoms with Crippen LogP contribution in [0.15, 0.2) is 12.1 Å². The van der Waals surface area contributed by atoms with E-state index in [1.165, 1.54) is 26.4 Å². The van der Waals surface area contributed by atoms with Gasteiger partial charge in [0.1, 0.15) is 12.1 Å². The zero-order valence-corrected chi connectivity index (χ0v) is 9.43. The van der Waals surface area contributed by atoms with E-state index in [2.05, 4.69) is 0 Å². The van der Waals surface area contributed by atoms with Crippen molar-refractivity contribution in [1.82, 2.24) is 0 Å². The molecule has 0 saturated carbocycles. The van der Waals surface area contributed by atoms with Crippen LogP contribution < -0.4 is 15.2 Å². The molecule has 0 aliphatic carbocycles. The smallest absolute Gasteiger partial charge is 0.325 e. The summed E-state index contributed by atoms with van der Waals surface area (Å²) >= 11 is 0. The molecule has 6 nitrogen and oxygen atoms in total. The van der Waals surface area contributed by atoms with E-state index in [0.717, 1.165) is 0 Å². The quantitative estimate of drug-likeness (QED) is 0.795. The number of ether oxygens (including phenoxy) is 2. The molecule has 0 radical (unpaired) electrons. The summed E-state index contributed by atoms with van der Waals surface area (Å²) in [5.74, 6) is -0.643. The Hall–Kier alpha value is -2.26. The summed E-state index contributed by atoms with van der Waals surface area (Å²) < 4.78 is 10.0. The summed E-state index contributed by atoms with van der Waals surface area (Å²) in [5.41, 5.74) is 5.93. The largest absolute Gasteiger partial charge is 0.493 e. The van der Waals surface area contributed by atoms with E-state index in [0.29, 0.717) is 0 Å². The average Bonchev–Trinajstić information content (AvgIpc) is 2.35. The van der Waals surface area contributed by atoms with E-state index in [1.54, 1.807) is 0 Å². The number of methoxy groups -OCH3 is 2. The standard InChI is InChI=1S/C11H12N2O4/c1-16-8-4-6(9(13)11(14)15)3-7(5-12)10(8)17-2/h3-4,9H,13H2,1-2H3,(H,14,15). The Morgan fingerprint density at radius 1 is 1.47 bits per heavy atom. The van der Waals surface area contributed by atoms with Gasteiger partial charge >= 0.3 is 5.97 Å². The molecule has 1 rings (SSSR count). The maximum absolute atomic E-state index is 10.8. The lowest BCUT2D eigenvalue weighted by Gasteiger charge is -2.13. The second-order valence-corrected chi connectivity index (χ2v) is 3.23. The summed E-state index contributed by atoms with van der Waals surface area (Å²) in [7, 11) is 2.80. The first-order valence-corrected chi connectivity index (χ1v) is 4.69. The molecule has 1 aromatic rings. The van der Waals surface area contributed by atoms with Crippen LogP contribution in [-0.2, 0) is 4.79 Å². The zero-order chi connectivity index (χ0) is 13.0. The van der Waals surface area contributed by atoms with Crippen molar-refractivity contribution in [1.29, 1.82) is 5.26 Å². The van der Waals surface area contributed by atoms with Crippen LogP contribution in [0.5, 0.6) is 11.5 Å². The van der Waals surface area contributed by atoms with Gasteiger partial charge in [0.15, 0.2) is 11.5 Å². The summed E-state index contributed by atoms with van der Waals surface area (Å²) in [6.07, 6.45) is 0. The third kappa shape index (κ3) is 2.46. The van der Waals surface area contributed by atoms with Gasteiger partial charge in [-0.15, -0.1) is 0 Å². The summed E-state index contributed by atoms with van der Waals surface area (Å²) in [6.45, 7) is 0. The fourth-order valence-electron chi connectivity index (χ4n) is 1.39. The molecule has 90 valence electrons. The predicted octanol–water partition coefficient (Wildman–Crippen LogP) is 0.660. The highest BCUT2D eigenvalue weighted by atomic mass is 16.5. The molecule has 0 amide bonds. The lowest BCUT2D eigenvalue weighted by molar-refractivity contribution is -0.138. The SMILES string of the molecule is COc1cc(C(N)C(=O)O)cc(C#N)c1OC. The number of carboxylic acid groups (broad SMARTS) is 1.